The molecule has 3 rings (SSSR count). The minimum Gasteiger partial charge on any atom is -0.497 e. The van der Waals surface area contributed by atoms with Crippen LogP contribution in [0.5, 0.6) is 17.2 Å². The second-order valence-corrected chi connectivity index (χ2v) is 7.09. The maximum Gasteiger partial charge on any atom is 0.234 e. The summed E-state index contributed by atoms with van der Waals surface area (Å²) >= 11 is 1.32. The predicted octanol–water partition coefficient (Wildman–Crippen LogP) is 3.63. The van der Waals surface area contributed by atoms with E-state index >= 15 is 0 Å². The van der Waals surface area contributed by atoms with Crippen molar-refractivity contribution >= 4 is 23.4 Å². The van der Waals surface area contributed by atoms with Crippen LogP contribution < -0.4 is 19.5 Å². The summed E-state index contributed by atoms with van der Waals surface area (Å²) in [6.45, 7) is 2.95. The van der Waals surface area contributed by atoms with Gasteiger partial charge in [-0.25, -0.2) is 0 Å². The zero-order valence-corrected chi connectivity index (χ0v) is 17.9. The summed E-state index contributed by atoms with van der Waals surface area (Å²) in [6.07, 6.45) is 0. The third-order valence-electron chi connectivity index (χ3n) is 4.25. The van der Waals surface area contributed by atoms with E-state index < -0.39 is 0 Å². The lowest BCUT2D eigenvalue weighted by Gasteiger charge is -2.10. The number of nitrogens with one attached hydrogen (secondary N) is 1. The first-order valence-corrected chi connectivity index (χ1v) is 10.4. The highest BCUT2D eigenvalue weighted by Crippen LogP contribution is 2.24. The van der Waals surface area contributed by atoms with Gasteiger partial charge in [0.25, 0.3) is 0 Å². The second kappa shape index (κ2) is 10.5. The van der Waals surface area contributed by atoms with Gasteiger partial charge in [-0.05, 0) is 43.3 Å². The number of thioether (sulfide) groups is 1. The number of methoxy groups -OCH3 is 2. The number of rotatable bonds is 10. The van der Waals surface area contributed by atoms with Crippen molar-refractivity contribution in [2.24, 2.45) is 0 Å². The standard InChI is InChI=1S/C21H24N4O4S/c1-4-25-19(13-29-16-11-9-15(27-2)10-12-16)23-24-21(25)30-14-20(26)22-17-7-5-6-8-18(17)28-3/h5-12H,4,13-14H2,1-3H3,(H,22,26). The van der Waals surface area contributed by atoms with Crippen molar-refractivity contribution in [3.05, 3.63) is 54.4 Å². The van der Waals surface area contributed by atoms with Crippen LogP contribution in [0.3, 0.4) is 0 Å². The second-order valence-electron chi connectivity index (χ2n) is 6.14. The van der Waals surface area contributed by atoms with Crippen molar-refractivity contribution in [1.29, 1.82) is 0 Å². The van der Waals surface area contributed by atoms with E-state index in [0.717, 1.165) is 5.75 Å². The number of amides is 1. The van der Waals surface area contributed by atoms with Crippen molar-refractivity contribution in [3.8, 4) is 17.2 Å². The van der Waals surface area contributed by atoms with Crippen molar-refractivity contribution in [2.75, 3.05) is 25.3 Å². The number of nitrogens with zero attached hydrogens (tertiary/aromatic N) is 3. The van der Waals surface area contributed by atoms with Crippen LogP contribution in [-0.2, 0) is 17.9 Å². The van der Waals surface area contributed by atoms with E-state index in [1.807, 2.05) is 47.9 Å². The van der Waals surface area contributed by atoms with Gasteiger partial charge in [0.15, 0.2) is 11.0 Å². The Bertz CT molecular complexity index is 975. The number of aromatic nitrogens is 3. The Kier molecular flexibility index (Phi) is 7.56. The van der Waals surface area contributed by atoms with Crippen molar-refractivity contribution < 1.29 is 19.0 Å². The van der Waals surface area contributed by atoms with Crippen molar-refractivity contribution in [2.45, 2.75) is 25.2 Å². The van der Waals surface area contributed by atoms with Gasteiger partial charge in [-0.1, -0.05) is 23.9 Å². The third kappa shape index (κ3) is 5.44. The Morgan fingerprint density at radius 2 is 1.77 bits per heavy atom. The van der Waals surface area contributed by atoms with Gasteiger partial charge in [-0.15, -0.1) is 10.2 Å². The molecule has 2 aromatic carbocycles. The molecule has 1 N–H and O–H groups in total. The number of anilines is 1. The lowest BCUT2D eigenvalue weighted by Crippen LogP contribution is -2.15. The molecular formula is C21H24N4O4S. The Hall–Kier alpha value is -3.20. The zero-order chi connectivity index (χ0) is 21.3. The fourth-order valence-corrected chi connectivity index (χ4v) is 3.56. The molecule has 0 atom stereocenters. The van der Waals surface area contributed by atoms with Crippen LogP contribution in [-0.4, -0.2) is 40.6 Å². The van der Waals surface area contributed by atoms with Gasteiger partial charge in [0.1, 0.15) is 23.9 Å². The maximum atomic E-state index is 12.3. The molecular weight excluding hydrogens is 404 g/mol. The Morgan fingerprint density at radius 1 is 1.03 bits per heavy atom. The highest BCUT2D eigenvalue weighted by atomic mass is 32.2. The van der Waals surface area contributed by atoms with Gasteiger partial charge in [0.05, 0.1) is 25.7 Å². The summed E-state index contributed by atoms with van der Waals surface area (Å²) in [7, 11) is 3.19. The lowest BCUT2D eigenvalue weighted by atomic mass is 10.3. The van der Waals surface area contributed by atoms with Crippen LogP contribution in [0.1, 0.15) is 12.7 Å². The van der Waals surface area contributed by atoms with Gasteiger partial charge in [0.2, 0.25) is 5.91 Å². The number of benzene rings is 2. The lowest BCUT2D eigenvalue weighted by molar-refractivity contribution is -0.113. The number of para-hydroxylation sites is 2. The van der Waals surface area contributed by atoms with Gasteiger partial charge in [-0.3, -0.25) is 4.79 Å². The fraction of sp³-hybridized carbons (Fsp3) is 0.286. The summed E-state index contributed by atoms with van der Waals surface area (Å²) in [6, 6.07) is 14.6. The minimum absolute atomic E-state index is 0.147. The number of hydrogen-bond acceptors (Lipinski definition) is 7. The quantitative estimate of drug-likeness (QED) is 0.494. The SMILES string of the molecule is CCn1c(COc2ccc(OC)cc2)nnc1SCC(=O)Nc1ccccc1OC. The fourth-order valence-electron chi connectivity index (χ4n) is 2.73. The first-order chi connectivity index (χ1) is 14.6. The summed E-state index contributed by atoms with van der Waals surface area (Å²) in [5, 5.41) is 11.9. The van der Waals surface area contributed by atoms with E-state index in [2.05, 4.69) is 15.5 Å². The van der Waals surface area contributed by atoms with Gasteiger partial charge < -0.3 is 24.1 Å². The van der Waals surface area contributed by atoms with Crippen molar-refractivity contribution in [3.63, 3.8) is 0 Å². The molecule has 0 aliphatic heterocycles. The van der Waals surface area contributed by atoms with Crippen LogP contribution in [0.15, 0.2) is 53.7 Å². The molecule has 1 heterocycles. The normalized spacial score (nSPS) is 10.5. The smallest absolute Gasteiger partial charge is 0.234 e. The number of hydrogen-bond donors (Lipinski definition) is 1. The van der Waals surface area contributed by atoms with E-state index in [-0.39, 0.29) is 18.3 Å². The molecule has 1 amide bonds. The molecule has 0 unspecified atom stereocenters. The molecule has 0 saturated carbocycles. The van der Waals surface area contributed by atoms with E-state index in [1.165, 1.54) is 11.8 Å². The van der Waals surface area contributed by atoms with E-state index in [1.54, 1.807) is 26.4 Å². The van der Waals surface area contributed by atoms with Crippen LogP contribution in [0.4, 0.5) is 5.69 Å². The first-order valence-electron chi connectivity index (χ1n) is 9.39. The average molecular weight is 429 g/mol. The zero-order valence-electron chi connectivity index (χ0n) is 17.1. The predicted molar refractivity (Wildman–Crippen MR) is 115 cm³/mol. The molecule has 9 heteroatoms. The molecule has 0 aliphatic rings. The Labute approximate surface area is 179 Å². The van der Waals surface area contributed by atoms with Crippen LogP contribution in [0.2, 0.25) is 0 Å². The van der Waals surface area contributed by atoms with Crippen molar-refractivity contribution in [1.82, 2.24) is 14.8 Å². The van der Waals surface area contributed by atoms with Crippen LogP contribution >= 0.6 is 11.8 Å². The third-order valence-corrected chi connectivity index (χ3v) is 5.22. The van der Waals surface area contributed by atoms with Crippen LogP contribution in [0.25, 0.3) is 0 Å². The molecule has 0 saturated heterocycles. The summed E-state index contributed by atoms with van der Waals surface area (Å²) in [4.78, 5) is 12.3. The highest BCUT2D eigenvalue weighted by Gasteiger charge is 2.14. The van der Waals surface area contributed by atoms with E-state index in [9.17, 15) is 4.79 Å². The summed E-state index contributed by atoms with van der Waals surface area (Å²) < 4.78 is 18.1. The molecule has 8 nitrogen and oxygen atoms in total. The summed E-state index contributed by atoms with van der Waals surface area (Å²) in [5.41, 5.74) is 0.635. The van der Waals surface area contributed by atoms with Gasteiger partial charge >= 0.3 is 0 Å². The van der Waals surface area contributed by atoms with Crippen LogP contribution in [0, 0.1) is 0 Å². The van der Waals surface area contributed by atoms with E-state index in [4.69, 9.17) is 14.2 Å². The molecule has 3 aromatic rings. The molecule has 0 radical (unpaired) electrons. The minimum atomic E-state index is -0.147. The van der Waals surface area contributed by atoms with Gasteiger partial charge in [0, 0.05) is 6.54 Å². The topological polar surface area (TPSA) is 87.5 Å². The first kappa shape index (κ1) is 21.5. The maximum absolute atomic E-state index is 12.3. The number of ether oxygens (including phenoxy) is 3. The number of carbonyl (C=O) groups excluding carboxylic acids is 1. The molecule has 0 spiro atoms. The number of carbonyl (C=O) groups is 1. The van der Waals surface area contributed by atoms with E-state index in [0.29, 0.717) is 34.7 Å². The molecule has 1 aromatic heterocycles. The molecule has 30 heavy (non-hydrogen) atoms. The molecule has 0 fully saturated rings. The highest BCUT2D eigenvalue weighted by molar-refractivity contribution is 7.99. The Morgan fingerprint density at radius 3 is 2.47 bits per heavy atom. The van der Waals surface area contributed by atoms with Gasteiger partial charge in [-0.2, -0.15) is 0 Å². The molecule has 158 valence electrons. The molecule has 0 aliphatic carbocycles. The monoisotopic (exact) mass is 428 g/mol. The Balaban J connectivity index is 1.57. The largest absolute Gasteiger partial charge is 0.497 e. The molecule has 0 bridgehead atoms. The summed E-state index contributed by atoms with van der Waals surface area (Å²) in [5.74, 6) is 2.85. The average Bonchev–Trinajstić information content (AvgIpc) is 3.18.